The first-order valence-corrected chi connectivity index (χ1v) is 6.95. The molecule has 0 spiro atoms. The first-order valence-electron chi connectivity index (χ1n) is 4.66. The van der Waals surface area contributed by atoms with Gasteiger partial charge in [-0.2, -0.15) is 4.39 Å². The summed E-state index contributed by atoms with van der Waals surface area (Å²) in [5, 5.41) is 0. The summed E-state index contributed by atoms with van der Waals surface area (Å²) in [7, 11) is -3.26. The smallest absolute Gasteiger partial charge is 0.328 e. The molecule has 0 fully saturated rings. The van der Waals surface area contributed by atoms with Crippen molar-refractivity contribution < 1.29 is 18.6 Å². The van der Waals surface area contributed by atoms with E-state index >= 15 is 0 Å². The standard InChI is InChI=1S/C8H12FN2O5P/c1-17(14,15)5-16-3-2-11-4-6(9)7(12)10-8(11)13/h4H,2-3,5H2,1H3,(H,14,15)(H,10,12,13). The lowest BCUT2D eigenvalue weighted by Crippen LogP contribution is -2.32. The number of nitrogens with zero attached hydrogens (tertiary/aromatic N) is 1. The second-order valence-electron chi connectivity index (χ2n) is 3.52. The van der Waals surface area contributed by atoms with Gasteiger partial charge in [0.15, 0.2) is 0 Å². The number of ether oxygens (including phenoxy) is 1. The van der Waals surface area contributed by atoms with E-state index < -0.39 is 24.4 Å². The summed E-state index contributed by atoms with van der Waals surface area (Å²) in [6, 6.07) is 0. The van der Waals surface area contributed by atoms with Crippen LogP contribution < -0.4 is 11.2 Å². The molecule has 0 aliphatic carbocycles. The summed E-state index contributed by atoms with van der Waals surface area (Å²) >= 11 is 0. The van der Waals surface area contributed by atoms with Crippen molar-refractivity contribution in [1.82, 2.24) is 9.55 Å². The van der Waals surface area contributed by atoms with Crippen LogP contribution in [0.15, 0.2) is 15.8 Å². The Morgan fingerprint density at radius 2 is 2.24 bits per heavy atom. The van der Waals surface area contributed by atoms with E-state index in [1.165, 1.54) is 0 Å². The van der Waals surface area contributed by atoms with Crippen molar-refractivity contribution in [1.29, 1.82) is 0 Å². The van der Waals surface area contributed by atoms with Crippen LogP contribution in [0.4, 0.5) is 4.39 Å². The Kier molecular flexibility index (Phi) is 4.39. The molecule has 0 aromatic carbocycles. The number of hydrogen-bond acceptors (Lipinski definition) is 4. The van der Waals surface area contributed by atoms with Crippen LogP contribution in [0, 0.1) is 5.82 Å². The van der Waals surface area contributed by atoms with Gasteiger partial charge in [0.2, 0.25) is 13.2 Å². The van der Waals surface area contributed by atoms with Crippen molar-refractivity contribution in [3.8, 4) is 0 Å². The van der Waals surface area contributed by atoms with Crippen LogP contribution in [-0.2, 0) is 15.8 Å². The predicted octanol–water partition coefficient (Wildman–Crippen LogP) is -0.450. The molecule has 96 valence electrons. The third-order valence-corrected chi connectivity index (χ3v) is 2.44. The third kappa shape index (κ3) is 4.64. The van der Waals surface area contributed by atoms with E-state index in [1.54, 1.807) is 4.98 Å². The lowest BCUT2D eigenvalue weighted by Gasteiger charge is -2.08. The minimum Gasteiger partial charge on any atom is -0.370 e. The van der Waals surface area contributed by atoms with Gasteiger partial charge in [-0.1, -0.05) is 0 Å². The zero-order valence-electron chi connectivity index (χ0n) is 9.05. The fourth-order valence-corrected chi connectivity index (χ4v) is 1.51. The molecule has 0 saturated carbocycles. The van der Waals surface area contributed by atoms with Crippen molar-refractivity contribution in [3.63, 3.8) is 0 Å². The van der Waals surface area contributed by atoms with Crippen molar-refractivity contribution >= 4 is 7.37 Å². The fraction of sp³-hybridized carbons (Fsp3) is 0.500. The number of hydrogen-bond donors (Lipinski definition) is 2. The van der Waals surface area contributed by atoms with Gasteiger partial charge in [0.05, 0.1) is 19.3 Å². The maximum absolute atomic E-state index is 12.8. The topological polar surface area (TPSA) is 101 Å². The number of rotatable bonds is 5. The molecule has 1 unspecified atom stereocenters. The van der Waals surface area contributed by atoms with E-state index in [9.17, 15) is 18.5 Å². The summed E-state index contributed by atoms with van der Waals surface area (Å²) in [5.41, 5.74) is -1.84. The summed E-state index contributed by atoms with van der Waals surface area (Å²) < 4.78 is 29.4. The van der Waals surface area contributed by atoms with Gasteiger partial charge in [-0.05, 0) is 0 Å². The fourth-order valence-electron chi connectivity index (χ4n) is 1.05. The van der Waals surface area contributed by atoms with Crippen LogP contribution in [0.1, 0.15) is 0 Å². The number of aromatic nitrogens is 2. The largest absolute Gasteiger partial charge is 0.370 e. The summed E-state index contributed by atoms with van der Waals surface area (Å²) in [6.07, 6.45) is 0.419. The molecule has 0 radical (unpaired) electrons. The van der Waals surface area contributed by atoms with Crippen molar-refractivity contribution in [2.24, 2.45) is 0 Å². The molecule has 0 aliphatic rings. The van der Waals surface area contributed by atoms with E-state index in [2.05, 4.69) is 0 Å². The van der Waals surface area contributed by atoms with Gasteiger partial charge in [0, 0.05) is 6.66 Å². The van der Waals surface area contributed by atoms with E-state index in [-0.39, 0.29) is 19.5 Å². The maximum Gasteiger partial charge on any atom is 0.328 e. The average Bonchev–Trinajstić information content (AvgIpc) is 2.18. The van der Waals surface area contributed by atoms with Crippen LogP contribution in [0.3, 0.4) is 0 Å². The minimum absolute atomic E-state index is 0.0213. The van der Waals surface area contributed by atoms with Crippen LogP contribution in [0.25, 0.3) is 0 Å². The van der Waals surface area contributed by atoms with Crippen LogP contribution in [-0.4, -0.2) is 34.1 Å². The number of H-pyrrole nitrogens is 1. The van der Waals surface area contributed by atoms with E-state index in [4.69, 9.17) is 9.63 Å². The molecule has 0 bridgehead atoms. The lowest BCUT2D eigenvalue weighted by atomic mass is 10.5. The first kappa shape index (κ1) is 13.8. The second-order valence-corrected chi connectivity index (χ2v) is 5.88. The van der Waals surface area contributed by atoms with Gasteiger partial charge in [0.1, 0.15) is 6.35 Å². The lowest BCUT2D eigenvalue weighted by molar-refractivity contribution is 0.158. The summed E-state index contributed by atoms with van der Waals surface area (Å²) in [6.45, 7) is 1.08. The highest BCUT2D eigenvalue weighted by Gasteiger charge is 2.09. The number of aromatic amines is 1. The Morgan fingerprint density at radius 3 is 2.82 bits per heavy atom. The predicted molar refractivity (Wildman–Crippen MR) is 57.8 cm³/mol. The SMILES string of the molecule is CP(=O)(O)COCCn1cc(F)c(=O)[nH]c1=O. The van der Waals surface area contributed by atoms with E-state index in [1.807, 2.05) is 0 Å². The van der Waals surface area contributed by atoms with E-state index in [0.717, 1.165) is 17.4 Å². The molecule has 9 heteroatoms. The molecule has 1 rings (SSSR count). The molecule has 1 aromatic rings. The monoisotopic (exact) mass is 266 g/mol. The molecule has 0 aliphatic heterocycles. The van der Waals surface area contributed by atoms with Gasteiger partial charge in [-0.3, -0.25) is 18.9 Å². The minimum atomic E-state index is -3.26. The van der Waals surface area contributed by atoms with Gasteiger partial charge in [-0.25, -0.2) is 4.79 Å². The van der Waals surface area contributed by atoms with Crippen LogP contribution in [0.2, 0.25) is 0 Å². The van der Waals surface area contributed by atoms with Crippen molar-refractivity contribution in [2.75, 3.05) is 19.6 Å². The molecule has 1 heterocycles. The van der Waals surface area contributed by atoms with Gasteiger partial charge in [-0.15, -0.1) is 0 Å². The molecule has 0 saturated heterocycles. The van der Waals surface area contributed by atoms with Gasteiger partial charge < -0.3 is 9.63 Å². The molecule has 1 atom stereocenters. The zero-order chi connectivity index (χ0) is 13.1. The Labute approximate surface area is 95.3 Å². The number of halogens is 1. The molecular formula is C8H12FN2O5P. The summed E-state index contributed by atoms with van der Waals surface area (Å²) in [5.74, 6) is -1.08. The average molecular weight is 266 g/mol. The quantitative estimate of drug-likeness (QED) is 0.555. The molecular weight excluding hydrogens is 254 g/mol. The highest BCUT2D eigenvalue weighted by Crippen LogP contribution is 2.34. The normalized spacial score (nSPS) is 14.5. The Balaban J connectivity index is 2.59. The van der Waals surface area contributed by atoms with Gasteiger partial charge in [0.25, 0.3) is 5.56 Å². The molecule has 7 nitrogen and oxygen atoms in total. The van der Waals surface area contributed by atoms with Crippen LogP contribution >= 0.6 is 7.37 Å². The highest BCUT2D eigenvalue weighted by molar-refractivity contribution is 7.56. The Bertz CT molecular complexity index is 546. The molecule has 1 aromatic heterocycles. The Hall–Kier alpha value is -1.24. The van der Waals surface area contributed by atoms with E-state index in [0.29, 0.717) is 0 Å². The van der Waals surface area contributed by atoms with Crippen molar-refractivity contribution in [3.05, 3.63) is 32.9 Å². The van der Waals surface area contributed by atoms with Crippen LogP contribution in [0.5, 0.6) is 0 Å². The maximum atomic E-state index is 12.8. The molecule has 17 heavy (non-hydrogen) atoms. The molecule has 2 N–H and O–H groups in total. The zero-order valence-corrected chi connectivity index (χ0v) is 9.95. The summed E-state index contributed by atoms with van der Waals surface area (Å²) in [4.78, 5) is 32.6. The third-order valence-electron chi connectivity index (χ3n) is 1.77. The van der Waals surface area contributed by atoms with Crippen molar-refractivity contribution in [2.45, 2.75) is 6.54 Å². The second kappa shape index (κ2) is 5.39. The Morgan fingerprint density at radius 1 is 1.59 bits per heavy atom. The van der Waals surface area contributed by atoms with Gasteiger partial charge >= 0.3 is 5.69 Å². The highest BCUT2D eigenvalue weighted by atomic mass is 31.2. The number of nitrogens with one attached hydrogen (secondary N) is 1. The molecule has 0 amide bonds. The first-order chi connectivity index (χ1) is 7.79.